The number of amides is 1. The molecule has 0 aromatic heterocycles. The molecular weight excluding hydrogens is 278 g/mol. The first-order valence-corrected chi connectivity index (χ1v) is 8.32. The molecule has 1 aliphatic rings. The van der Waals surface area contributed by atoms with Gasteiger partial charge in [-0.1, -0.05) is 13.8 Å². The van der Waals surface area contributed by atoms with E-state index in [4.69, 9.17) is 5.73 Å². The van der Waals surface area contributed by atoms with Crippen molar-refractivity contribution < 1.29 is 9.59 Å². The average molecular weight is 307 g/mol. The predicted octanol–water partition coefficient (Wildman–Crippen LogP) is 2.45. The lowest BCUT2D eigenvalue weighted by Gasteiger charge is -2.25. The van der Waals surface area contributed by atoms with Gasteiger partial charge in [-0.25, -0.2) is 0 Å². The number of rotatable bonds is 7. The topological polar surface area (TPSA) is 75.8 Å². The Kier molecular flexibility index (Phi) is 7.85. The summed E-state index contributed by atoms with van der Waals surface area (Å²) >= 11 is 0. The average Bonchev–Trinajstić information content (AvgIpc) is 2.51. The SMILES string of the molecule is CCCN(CCC)C(=O)/C(N)=C1\CCCCC1=NCC(C)=O. The van der Waals surface area contributed by atoms with Crippen LogP contribution in [-0.4, -0.2) is 41.9 Å². The maximum absolute atomic E-state index is 12.6. The third-order valence-electron chi connectivity index (χ3n) is 3.76. The van der Waals surface area contributed by atoms with Crippen LogP contribution in [0.5, 0.6) is 0 Å². The molecule has 0 radical (unpaired) electrons. The van der Waals surface area contributed by atoms with Crippen LogP contribution in [0.2, 0.25) is 0 Å². The molecule has 0 aliphatic heterocycles. The number of Topliss-reactive ketones (excluding diaryl/α,β-unsaturated/α-hetero) is 1. The van der Waals surface area contributed by atoms with Crippen molar-refractivity contribution in [1.29, 1.82) is 0 Å². The van der Waals surface area contributed by atoms with Gasteiger partial charge in [-0.05, 0) is 45.4 Å². The van der Waals surface area contributed by atoms with Gasteiger partial charge in [-0.15, -0.1) is 0 Å². The zero-order valence-electron chi connectivity index (χ0n) is 14.2. The summed E-state index contributed by atoms with van der Waals surface area (Å²) < 4.78 is 0. The Hall–Kier alpha value is -1.65. The maximum Gasteiger partial charge on any atom is 0.270 e. The van der Waals surface area contributed by atoms with Crippen LogP contribution in [0.3, 0.4) is 0 Å². The number of allylic oxidation sites excluding steroid dienone is 1. The van der Waals surface area contributed by atoms with Crippen LogP contribution in [0.1, 0.15) is 59.3 Å². The van der Waals surface area contributed by atoms with E-state index in [0.29, 0.717) is 5.70 Å². The maximum atomic E-state index is 12.6. The van der Waals surface area contributed by atoms with Crippen LogP contribution in [-0.2, 0) is 9.59 Å². The van der Waals surface area contributed by atoms with Crippen molar-refractivity contribution in [2.45, 2.75) is 59.3 Å². The van der Waals surface area contributed by atoms with Crippen LogP contribution < -0.4 is 5.73 Å². The highest BCUT2D eigenvalue weighted by Crippen LogP contribution is 2.23. The normalized spacial score (nSPS) is 19.1. The van der Waals surface area contributed by atoms with Gasteiger partial charge in [0.25, 0.3) is 5.91 Å². The van der Waals surface area contributed by atoms with E-state index in [1.807, 2.05) is 4.90 Å². The Morgan fingerprint density at radius 1 is 1.14 bits per heavy atom. The molecule has 1 rings (SSSR count). The number of nitrogens with zero attached hydrogens (tertiary/aromatic N) is 2. The summed E-state index contributed by atoms with van der Waals surface area (Å²) in [4.78, 5) is 30.0. The predicted molar refractivity (Wildman–Crippen MR) is 89.8 cm³/mol. The molecule has 0 spiro atoms. The highest BCUT2D eigenvalue weighted by atomic mass is 16.2. The number of hydrogen-bond acceptors (Lipinski definition) is 4. The van der Waals surface area contributed by atoms with E-state index >= 15 is 0 Å². The third-order valence-corrected chi connectivity index (χ3v) is 3.76. The van der Waals surface area contributed by atoms with Crippen molar-refractivity contribution >= 4 is 17.4 Å². The van der Waals surface area contributed by atoms with E-state index in [-0.39, 0.29) is 18.2 Å². The highest BCUT2D eigenvalue weighted by Gasteiger charge is 2.23. The smallest absolute Gasteiger partial charge is 0.270 e. The minimum Gasteiger partial charge on any atom is -0.394 e. The standard InChI is InChI=1S/C17H29N3O2/c1-4-10-20(11-5-2)17(22)16(18)14-8-6-7-9-15(14)19-12-13(3)21/h4-12,18H2,1-3H3/b16-14-,19-15?. The fraction of sp³-hybridized carbons (Fsp3) is 0.706. The second-order valence-corrected chi connectivity index (χ2v) is 5.86. The Bertz CT molecular complexity index is 461. The highest BCUT2D eigenvalue weighted by molar-refractivity contribution is 6.08. The van der Waals surface area contributed by atoms with Gasteiger partial charge in [0.1, 0.15) is 5.70 Å². The summed E-state index contributed by atoms with van der Waals surface area (Å²) in [5.41, 5.74) is 8.20. The third kappa shape index (κ3) is 5.28. The summed E-state index contributed by atoms with van der Waals surface area (Å²) in [6, 6.07) is 0. The second-order valence-electron chi connectivity index (χ2n) is 5.86. The fourth-order valence-electron chi connectivity index (χ4n) is 2.71. The molecule has 22 heavy (non-hydrogen) atoms. The molecular formula is C17H29N3O2. The fourth-order valence-corrected chi connectivity index (χ4v) is 2.71. The van der Waals surface area contributed by atoms with E-state index < -0.39 is 0 Å². The summed E-state index contributed by atoms with van der Waals surface area (Å²) in [6.45, 7) is 7.25. The Balaban J connectivity index is 3.01. The lowest BCUT2D eigenvalue weighted by molar-refractivity contribution is -0.127. The quantitative estimate of drug-likeness (QED) is 0.734. The molecule has 0 saturated heterocycles. The lowest BCUT2D eigenvalue weighted by atomic mass is 9.90. The minimum atomic E-state index is -0.0869. The van der Waals surface area contributed by atoms with E-state index in [1.165, 1.54) is 6.92 Å². The minimum absolute atomic E-state index is 0.0286. The molecule has 1 saturated carbocycles. The molecule has 0 heterocycles. The molecule has 5 nitrogen and oxygen atoms in total. The van der Waals surface area contributed by atoms with Gasteiger partial charge in [0.2, 0.25) is 0 Å². The summed E-state index contributed by atoms with van der Waals surface area (Å²) in [5.74, 6) is -0.0583. The molecule has 2 N–H and O–H groups in total. The van der Waals surface area contributed by atoms with Crippen molar-refractivity contribution in [2.24, 2.45) is 10.7 Å². The first-order valence-electron chi connectivity index (χ1n) is 8.32. The van der Waals surface area contributed by atoms with Crippen LogP contribution >= 0.6 is 0 Å². The van der Waals surface area contributed by atoms with Gasteiger partial charge in [-0.2, -0.15) is 0 Å². The Labute approximate surface area is 133 Å². The zero-order chi connectivity index (χ0) is 16.5. The van der Waals surface area contributed by atoms with Gasteiger partial charge < -0.3 is 10.6 Å². The van der Waals surface area contributed by atoms with Crippen molar-refractivity contribution in [1.82, 2.24) is 4.90 Å². The molecule has 1 amide bonds. The van der Waals surface area contributed by atoms with Crippen LogP contribution in [0.4, 0.5) is 0 Å². The second kappa shape index (κ2) is 9.38. The summed E-state index contributed by atoms with van der Waals surface area (Å²) in [5, 5.41) is 0. The van der Waals surface area contributed by atoms with E-state index in [0.717, 1.165) is 62.9 Å². The molecule has 0 aromatic carbocycles. The Morgan fingerprint density at radius 2 is 1.73 bits per heavy atom. The molecule has 0 unspecified atom stereocenters. The molecule has 124 valence electrons. The van der Waals surface area contributed by atoms with Gasteiger partial charge in [0, 0.05) is 24.4 Å². The monoisotopic (exact) mass is 307 g/mol. The molecule has 1 aliphatic carbocycles. The largest absolute Gasteiger partial charge is 0.394 e. The number of aliphatic imine (C=N–C) groups is 1. The lowest BCUT2D eigenvalue weighted by Crippen LogP contribution is -2.37. The number of ketones is 1. The van der Waals surface area contributed by atoms with Crippen LogP contribution in [0, 0.1) is 0 Å². The van der Waals surface area contributed by atoms with Crippen LogP contribution in [0.15, 0.2) is 16.3 Å². The van der Waals surface area contributed by atoms with Gasteiger partial charge in [0.05, 0.1) is 6.54 Å². The van der Waals surface area contributed by atoms with Crippen molar-refractivity contribution in [2.75, 3.05) is 19.6 Å². The molecule has 0 atom stereocenters. The number of nitrogens with two attached hydrogens (primary N) is 1. The summed E-state index contributed by atoms with van der Waals surface area (Å²) in [7, 11) is 0. The number of hydrogen-bond donors (Lipinski definition) is 1. The Morgan fingerprint density at radius 3 is 2.27 bits per heavy atom. The van der Waals surface area contributed by atoms with Crippen molar-refractivity contribution in [3.63, 3.8) is 0 Å². The first-order chi connectivity index (χ1) is 10.5. The molecule has 1 fully saturated rings. The molecule has 0 bridgehead atoms. The summed E-state index contributed by atoms with van der Waals surface area (Å²) in [6.07, 6.45) is 5.47. The van der Waals surface area contributed by atoms with E-state index in [1.54, 1.807) is 0 Å². The first kappa shape index (κ1) is 18.4. The van der Waals surface area contributed by atoms with Gasteiger partial charge >= 0.3 is 0 Å². The molecule has 0 aromatic rings. The van der Waals surface area contributed by atoms with Crippen LogP contribution in [0.25, 0.3) is 0 Å². The van der Waals surface area contributed by atoms with E-state index in [2.05, 4.69) is 18.8 Å². The van der Waals surface area contributed by atoms with Gasteiger partial charge in [0.15, 0.2) is 5.78 Å². The van der Waals surface area contributed by atoms with E-state index in [9.17, 15) is 9.59 Å². The number of carbonyl (C=O) groups excluding carboxylic acids is 2. The zero-order valence-corrected chi connectivity index (χ0v) is 14.2. The number of carbonyl (C=O) groups is 2. The molecule has 5 heteroatoms. The van der Waals surface area contributed by atoms with Crippen molar-refractivity contribution in [3.05, 3.63) is 11.3 Å². The van der Waals surface area contributed by atoms with Gasteiger partial charge in [-0.3, -0.25) is 14.6 Å². The van der Waals surface area contributed by atoms with Crippen molar-refractivity contribution in [3.8, 4) is 0 Å².